The van der Waals surface area contributed by atoms with E-state index in [2.05, 4.69) is 19.8 Å². The highest BCUT2D eigenvalue weighted by molar-refractivity contribution is 7.89. The molecule has 4 N–H and O–H groups in total. The first kappa shape index (κ1) is 14.4. The highest BCUT2D eigenvalue weighted by Crippen LogP contribution is 2.35. The van der Waals surface area contributed by atoms with Gasteiger partial charge in [0.15, 0.2) is 5.03 Å². The van der Waals surface area contributed by atoms with E-state index in [0.29, 0.717) is 12.1 Å². The second kappa shape index (κ2) is 5.20. The minimum absolute atomic E-state index is 0.0596. The van der Waals surface area contributed by atoms with Crippen LogP contribution in [0.3, 0.4) is 0 Å². The Bertz CT molecular complexity index is 533. The van der Waals surface area contributed by atoms with Gasteiger partial charge in [0.25, 0.3) is 10.0 Å². The second-order valence-electron chi connectivity index (χ2n) is 5.23. The summed E-state index contributed by atoms with van der Waals surface area (Å²) in [6.07, 6.45) is 4.60. The summed E-state index contributed by atoms with van der Waals surface area (Å²) in [4.78, 5) is 2.09. The van der Waals surface area contributed by atoms with Crippen LogP contribution in [0.1, 0.15) is 24.8 Å². The van der Waals surface area contributed by atoms with Crippen molar-refractivity contribution >= 4 is 10.0 Å². The zero-order valence-corrected chi connectivity index (χ0v) is 12.1. The minimum atomic E-state index is -3.58. The second-order valence-corrected chi connectivity index (χ2v) is 6.93. The lowest BCUT2D eigenvalue weighted by Gasteiger charge is -2.47. The summed E-state index contributed by atoms with van der Waals surface area (Å²) in [5.41, 5.74) is 5.94. The highest BCUT2D eigenvalue weighted by atomic mass is 32.2. The lowest BCUT2D eigenvalue weighted by atomic mass is 9.76. The molecule has 19 heavy (non-hydrogen) atoms. The third-order valence-electron chi connectivity index (χ3n) is 3.99. The number of nitrogens with two attached hydrogens (primary N) is 1. The van der Waals surface area contributed by atoms with E-state index in [4.69, 9.17) is 5.73 Å². The molecule has 0 radical (unpaired) electrons. The monoisotopic (exact) mass is 287 g/mol. The Balaban J connectivity index is 2.10. The SMILES string of the molecule is CN(C)C1(CNS(=O)(=O)c2[nH]ncc2CN)CCC1. The van der Waals surface area contributed by atoms with E-state index in [-0.39, 0.29) is 17.1 Å². The molecule has 1 aliphatic rings. The first-order valence-electron chi connectivity index (χ1n) is 6.31. The topological polar surface area (TPSA) is 104 Å². The van der Waals surface area contributed by atoms with E-state index in [0.717, 1.165) is 19.3 Å². The molecule has 0 amide bonds. The van der Waals surface area contributed by atoms with Crippen molar-refractivity contribution in [1.82, 2.24) is 19.8 Å². The molecule has 0 aromatic carbocycles. The summed E-state index contributed by atoms with van der Waals surface area (Å²) >= 11 is 0. The van der Waals surface area contributed by atoms with E-state index in [9.17, 15) is 8.42 Å². The predicted octanol–water partition coefficient (Wildman–Crippen LogP) is -0.369. The molecule has 0 spiro atoms. The molecule has 0 saturated heterocycles. The third kappa shape index (κ3) is 2.66. The number of nitrogens with zero attached hydrogens (tertiary/aromatic N) is 2. The molecular weight excluding hydrogens is 266 g/mol. The lowest BCUT2D eigenvalue weighted by molar-refractivity contribution is 0.0656. The van der Waals surface area contributed by atoms with Gasteiger partial charge in [-0.05, 0) is 33.4 Å². The number of nitrogens with one attached hydrogen (secondary N) is 2. The standard InChI is InChI=1S/C11H21N5O2S/c1-16(2)11(4-3-5-11)8-14-19(17,18)10-9(6-12)7-13-15-10/h7,14H,3-6,8,12H2,1-2H3,(H,13,15). The van der Waals surface area contributed by atoms with E-state index < -0.39 is 10.0 Å². The smallest absolute Gasteiger partial charge is 0.257 e. The van der Waals surface area contributed by atoms with Crippen molar-refractivity contribution in [3.63, 3.8) is 0 Å². The van der Waals surface area contributed by atoms with Crippen molar-refractivity contribution in [2.75, 3.05) is 20.6 Å². The average Bonchev–Trinajstić information content (AvgIpc) is 2.75. The number of aromatic amines is 1. The molecule has 1 heterocycles. The maximum atomic E-state index is 12.2. The van der Waals surface area contributed by atoms with Crippen molar-refractivity contribution in [3.05, 3.63) is 11.8 Å². The summed E-state index contributed by atoms with van der Waals surface area (Å²) in [5, 5.41) is 6.32. The lowest BCUT2D eigenvalue weighted by Crippen LogP contribution is -2.57. The Labute approximate surface area is 113 Å². The van der Waals surface area contributed by atoms with Crippen LogP contribution in [0, 0.1) is 0 Å². The first-order chi connectivity index (χ1) is 8.91. The van der Waals surface area contributed by atoms with Crippen molar-refractivity contribution in [1.29, 1.82) is 0 Å². The van der Waals surface area contributed by atoms with Gasteiger partial charge in [-0.3, -0.25) is 5.10 Å². The molecule has 7 nitrogen and oxygen atoms in total. The summed E-state index contributed by atoms with van der Waals surface area (Å²) in [6, 6.07) is 0. The van der Waals surface area contributed by atoms with Crippen LogP contribution < -0.4 is 10.5 Å². The van der Waals surface area contributed by atoms with Gasteiger partial charge in [-0.2, -0.15) is 5.10 Å². The Morgan fingerprint density at radius 2 is 2.21 bits per heavy atom. The zero-order valence-electron chi connectivity index (χ0n) is 11.3. The van der Waals surface area contributed by atoms with Crippen LogP contribution in [0.5, 0.6) is 0 Å². The maximum Gasteiger partial charge on any atom is 0.257 e. The molecule has 0 unspecified atom stereocenters. The summed E-state index contributed by atoms with van der Waals surface area (Å²) in [5.74, 6) is 0. The quantitative estimate of drug-likeness (QED) is 0.662. The van der Waals surface area contributed by atoms with Gasteiger partial charge in [-0.1, -0.05) is 0 Å². The molecule has 1 saturated carbocycles. The highest BCUT2D eigenvalue weighted by Gasteiger charge is 2.40. The zero-order chi connectivity index (χ0) is 14.1. The molecule has 0 atom stereocenters. The van der Waals surface area contributed by atoms with Crippen LogP contribution in [-0.2, 0) is 16.6 Å². The van der Waals surface area contributed by atoms with Crippen LogP contribution in [0.25, 0.3) is 0 Å². The molecule has 0 aliphatic heterocycles. The van der Waals surface area contributed by atoms with Gasteiger partial charge in [0.2, 0.25) is 0 Å². The van der Waals surface area contributed by atoms with Gasteiger partial charge < -0.3 is 10.6 Å². The largest absolute Gasteiger partial charge is 0.326 e. The minimum Gasteiger partial charge on any atom is -0.326 e. The Morgan fingerprint density at radius 1 is 1.53 bits per heavy atom. The number of hydrogen-bond donors (Lipinski definition) is 3. The van der Waals surface area contributed by atoms with Gasteiger partial charge >= 0.3 is 0 Å². The fourth-order valence-corrected chi connectivity index (χ4v) is 3.60. The number of likely N-dealkylation sites (N-methyl/N-ethyl adjacent to an activating group) is 1. The summed E-state index contributed by atoms with van der Waals surface area (Å²) in [6.45, 7) is 0.553. The molecule has 1 aliphatic carbocycles. The van der Waals surface area contributed by atoms with Crippen LogP contribution in [0.4, 0.5) is 0 Å². The molecular formula is C11H21N5O2S. The molecule has 1 fully saturated rings. The normalized spacial score (nSPS) is 18.5. The Kier molecular flexibility index (Phi) is 3.95. The summed E-state index contributed by atoms with van der Waals surface area (Å²) < 4.78 is 27.1. The van der Waals surface area contributed by atoms with E-state index >= 15 is 0 Å². The van der Waals surface area contributed by atoms with Crippen molar-refractivity contribution in [2.45, 2.75) is 36.4 Å². The van der Waals surface area contributed by atoms with E-state index in [1.165, 1.54) is 6.20 Å². The van der Waals surface area contributed by atoms with Crippen LogP contribution in [-0.4, -0.2) is 49.7 Å². The Hall–Kier alpha value is -0.960. The number of sulfonamides is 1. The van der Waals surface area contributed by atoms with Crippen molar-refractivity contribution < 1.29 is 8.42 Å². The predicted molar refractivity (Wildman–Crippen MR) is 71.9 cm³/mol. The molecule has 108 valence electrons. The van der Waals surface area contributed by atoms with Gasteiger partial charge in [-0.15, -0.1) is 0 Å². The van der Waals surface area contributed by atoms with E-state index in [1.54, 1.807) is 0 Å². The van der Waals surface area contributed by atoms with Gasteiger partial charge in [-0.25, -0.2) is 13.1 Å². The van der Waals surface area contributed by atoms with Crippen LogP contribution in [0.2, 0.25) is 0 Å². The third-order valence-corrected chi connectivity index (χ3v) is 5.41. The molecule has 2 rings (SSSR count). The average molecular weight is 287 g/mol. The van der Waals surface area contributed by atoms with Crippen LogP contribution in [0.15, 0.2) is 11.2 Å². The molecule has 1 aromatic heterocycles. The fourth-order valence-electron chi connectivity index (χ4n) is 2.35. The van der Waals surface area contributed by atoms with Gasteiger partial charge in [0.05, 0.1) is 6.20 Å². The number of hydrogen-bond acceptors (Lipinski definition) is 5. The van der Waals surface area contributed by atoms with Gasteiger partial charge in [0, 0.05) is 24.2 Å². The summed E-state index contributed by atoms with van der Waals surface area (Å²) in [7, 11) is 0.385. The fraction of sp³-hybridized carbons (Fsp3) is 0.727. The van der Waals surface area contributed by atoms with Gasteiger partial charge in [0.1, 0.15) is 0 Å². The van der Waals surface area contributed by atoms with Crippen LogP contribution >= 0.6 is 0 Å². The molecule has 1 aromatic rings. The number of aromatic nitrogens is 2. The number of rotatable bonds is 6. The Morgan fingerprint density at radius 3 is 2.68 bits per heavy atom. The van der Waals surface area contributed by atoms with E-state index in [1.807, 2.05) is 14.1 Å². The number of H-pyrrole nitrogens is 1. The molecule has 0 bridgehead atoms. The van der Waals surface area contributed by atoms with Crippen molar-refractivity contribution in [3.8, 4) is 0 Å². The molecule has 8 heteroatoms. The first-order valence-corrected chi connectivity index (χ1v) is 7.79. The van der Waals surface area contributed by atoms with Crippen molar-refractivity contribution in [2.24, 2.45) is 5.73 Å². The maximum absolute atomic E-state index is 12.2.